The molecule has 0 spiro atoms. The van der Waals surface area contributed by atoms with Crippen molar-refractivity contribution in [3.63, 3.8) is 0 Å². The van der Waals surface area contributed by atoms with Crippen molar-refractivity contribution in [2.45, 2.75) is 83.9 Å². The Morgan fingerprint density at radius 3 is 2.37 bits per heavy atom. The lowest BCUT2D eigenvalue weighted by Crippen LogP contribution is -2.32. The molecule has 1 atom stereocenters. The third kappa shape index (κ3) is 9.95. The van der Waals surface area contributed by atoms with Gasteiger partial charge in [-0.15, -0.1) is 23.4 Å². The molecule has 0 saturated heterocycles. The predicted molar refractivity (Wildman–Crippen MR) is 158 cm³/mol. The van der Waals surface area contributed by atoms with Gasteiger partial charge < -0.3 is 19.2 Å². The number of hydrogen-bond donors (Lipinski definition) is 2. The van der Waals surface area contributed by atoms with Crippen LogP contribution in [0.1, 0.15) is 77.0 Å². The van der Waals surface area contributed by atoms with Crippen LogP contribution >= 0.6 is 0 Å². The Balaban J connectivity index is 2.08. The van der Waals surface area contributed by atoms with Gasteiger partial charge >= 0.3 is 12.3 Å². The Hall–Kier alpha value is -4.19. The van der Waals surface area contributed by atoms with Crippen LogP contribution in [0.25, 0.3) is 11.6 Å². The van der Waals surface area contributed by atoms with Gasteiger partial charge in [0.25, 0.3) is 5.89 Å². The normalized spacial score (nSPS) is 12.8. The van der Waals surface area contributed by atoms with Gasteiger partial charge in [-0.3, -0.25) is 5.32 Å². The van der Waals surface area contributed by atoms with Gasteiger partial charge in [0.2, 0.25) is 5.89 Å². The minimum Gasteiger partial charge on any atom is -0.444 e. The first kappa shape index (κ1) is 33.3. The number of nitrogens with zero attached hydrogens (tertiary/aromatic N) is 3. The van der Waals surface area contributed by atoms with Gasteiger partial charge in [-0.05, 0) is 59.1 Å². The molecule has 2 N–H and O–H groups in total. The number of carbonyl (C=O) groups excluding carboxylic acids is 1. The zero-order valence-electron chi connectivity index (χ0n) is 25.0. The Labute approximate surface area is 249 Å². The number of alkyl halides is 3. The van der Waals surface area contributed by atoms with Crippen LogP contribution in [0.4, 0.5) is 29.5 Å². The SMILES string of the molecule is C=CCCC(C)(C)Nc1nc(-c2nnc(C(CC=C)OCc3ccccc3)o2)c(NC(=O)OC(C)(C)C)cc1C(F)(F)F. The molecule has 0 radical (unpaired) electrons. The topological polar surface area (TPSA) is 111 Å². The van der Waals surface area contributed by atoms with E-state index in [2.05, 4.69) is 39.0 Å². The number of amides is 1. The summed E-state index contributed by atoms with van der Waals surface area (Å²) in [6.45, 7) is 16.1. The molecular weight excluding hydrogens is 563 g/mol. The zero-order valence-corrected chi connectivity index (χ0v) is 25.0. The molecule has 0 aliphatic heterocycles. The van der Waals surface area contributed by atoms with Crippen LogP contribution in [-0.2, 0) is 22.3 Å². The summed E-state index contributed by atoms with van der Waals surface area (Å²) >= 11 is 0. The molecule has 3 rings (SSSR count). The number of ether oxygens (including phenoxy) is 2. The summed E-state index contributed by atoms with van der Waals surface area (Å²) in [5.74, 6) is -0.621. The predicted octanol–water partition coefficient (Wildman–Crippen LogP) is 8.49. The van der Waals surface area contributed by atoms with E-state index in [1.54, 1.807) is 46.8 Å². The van der Waals surface area contributed by atoms with Crippen molar-refractivity contribution < 1.29 is 31.9 Å². The van der Waals surface area contributed by atoms with Gasteiger partial charge in [-0.2, -0.15) is 13.2 Å². The summed E-state index contributed by atoms with van der Waals surface area (Å²) in [6, 6.07) is 10.2. The first-order chi connectivity index (χ1) is 20.1. The molecule has 1 aromatic carbocycles. The van der Waals surface area contributed by atoms with E-state index in [0.717, 1.165) is 11.6 Å². The Morgan fingerprint density at radius 1 is 1.07 bits per heavy atom. The van der Waals surface area contributed by atoms with Gasteiger partial charge in [0.05, 0.1) is 17.9 Å². The maximum Gasteiger partial charge on any atom is 0.420 e. The average Bonchev–Trinajstić information content (AvgIpc) is 3.39. The smallest absolute Gasteiger partial charge is 0.420 e. The van der Waals surface area contributed by atoms with Crippen molar-refractivity contribution >= 4 is 17.6 Å². The minimum absolute atomic E-state index is 0.0663. The highest BCUT2D eigenvalue weighted by atomic mass is 19.4. The van der Waals surface area contributed by atoms with Crippen LogP contribution in [0.15, 0.2) is 66.1 Å². The number of carbonyl (C=O) groups is 1. The molecule has 232 valence electrons. The third-order valence-electron chi connectivity index (χ3n) is 5.99. The molecule has 0 aliphatic rings. The summed E-state index contributed by atoms with van der Waals surface area (Å²) in [6.07, 6.45) is -1.81. The second-order valence-electron chi connectivity index (χ2n) is 11.5. The summed E-state index contributed by atoms with van der Waals surface area (Å²) in [5.41, 5.74) is -2.38. The van der Waals surface area contributed by atoms with Gasteiger partial charge in [0.15, 0.2) is 5.69 Å². The number of allylic oxidation sites excluding steroid dienone is 1. The second kappa shape index (κ2) is 13.9. The molecule has 9 nitrogen and oxygen atoms in total. The monoisotopic (exact) mass is 601 g/mol. The fraction of sp³-hybridized carbons (Fsp3) is 0.419. The third-order valence-corrected chi connectivity index (χ3v) is 5.99. The van der Waals surface area contributed by atoms with Gasteiger partial charge in [-0.25, -0.2) is 9.78 Å². The van der Waals surface area contributed by atoms with E-state index in [-0.39, 0.29) is 29.8 Å². The molecular formula is C31H38F3N5O4. The summed E-state index contributed by atoms with van der Waals surface area (Å²) in [4.78, 5) is 16.9. The summed E-state index contributed by atoms with van der Waals surface area (Å²) in [5, 5.41) is 13.4. The van der Waals surface area contributed by atoms with Crippen molar-refractivity contribution in [3.05, 3.63) is 78.7 Å². The maximum atomic E-state index is 14.3. The average molecular weight is 602 g/mol. The molecule has 12 heteroatoms. The minimum atomic E-state index is -4.81. The van der Waals surface area contributed by atoms with Gasteiger partial charge in [0.1, 0.15) is 17.5 Å². The summed E-state index contributed by atoms with van der Waals surface area (Å²) < 4.78 is 60.1. The highest BCUT2D eigenvalue weighted by molar-refractivity contribution is 5.90. The standard InChI is InChI=1S/C31H38F3N5O4/c1-8-10-17-30(6,7)37-25-21(31(32,33)34)18-22(35-28(40)43-29(3,4)5)24(36-25)27-39-38-26(42-27)23(14-9-2)41-19-20-15-12-11-13-16-20/h8-9,11-13,15-16,18,23H,1-2,10,14,17,19H2,3-7H3,(H,35,40)(H,36,37). The number of benzene rings is 1. The van der Waals surface area contributed by atoms with Gasteiger partial charge in [-0.1, -0.05) is 42.5 Å². The number of anilines is 2. The van der Waals surface area contributed by atoms with Crippen molar-refractivity contribution in [1.82, 2.24) is 15.2 Å². The van der Waals surface area contributed by atoms with Crippen LogP contribution in [0.2, 0.25) is 0 Å². The number of rotatable bonds is 13. The number of aromatic nitrogens is 3. The van der Waals surface area contributed by atoms with E-state index in [0.29, 0.717) is 19.3 Å². The molecule has 2 heterocycles. The van der Waals surface area contributed by atoms with Crippen molar-refractivity contribution in [2.24, 2.45) is 0 Å². The Kier molecular flexibility index (Phi) is 10.7. The number of nitrogens with one attached hydrogen (secondary N) is 2. The fourth-order valence-electron chi connectivity index (χ4n) is 3.97. The van der Waals surface area contributed by atoms with Crippen LogP contribution in [0.3, 0.4) is 0 Å². The molecule has 0 aliphatic carbocycles. The van der Waals surface area contributed by atoms with E-state index in [4.69, 9.17) is 13.9 Å². The lowest BCUT2D eigenvalue weighted by molar-refractivity contribution is -0.137. The molecule has 0 bridgehead atoms. The molecule has 1 amide bonds. The molecule has 1 unspecified atom stereocenters. The lowest BCUT2D eigenvalue weighted by Gasteiger charge is -2.29. The van der Waals surface area contributed by atoms with Crippen LogP contribution in [-0.4, -0.2) is 32.4 Å². The quantitative estimate of drug-likeness (QED) is 0.188. The van der Waals surface area contributed by atoms with Crippen LogP contribution in [0, 0.1) is 0 Å². The van der Waals surface area contributed by atoms with Crippen LogP contribution in [0.5, 0.6) is 0 Å². The van der Waals surface area contributed by atoms with Gasteiger partial charge in [0, 0.05) is 12.0 Å². The van der Waals surface area contributed by atoms with E-state index < -0.39 is 40.9 Å². The Morgan fingerprint density at radius 2 is 1.77 bits per heavy atom. The molecule has 2 aromatic heterocycles. The van der Waals surface area contributed by atoms with E-state index in [1.807, 2.05) is 30.3 Å². The number of pyridine rings is 1. The molecule has 3 aromatic rings. The van der Waals surface area contributed by atoms with Crippen LogP contribution < -0.4 is 10.6 Å². The van der Waals surface area contributed by atoms with E-state index in [1.165, 1.54) is 0 Å². The number of halogens is 3. The highest BCUT2D eigenvalue weighted by Crippen LogP contribution is 2.40. The molecule has 0 saturated carbocycles. The molecule has 43 heavy (non-hydrogen) atoms. The zero-order chi connectivity index (χ0) is 31.8. The lowest BCUT2D eigenvalue weighted by atomic mass is 9.98. The van der Waals surface area contributed by atoms with Crippen molar-refractivity contribution in [2.75, 3.05) is 10.6 Å². The molecule has 0 fully saturated rings. The van der Waals surface area contributed by atoms with E-state index >= 15 is 0 Å². The second-order valence-corrected chi connectivity index (χ2v) is 11.5. The summed E-state index contributed by atoms with van der Waals surface area (Å²) in [7, 11) is 0. The fourth-order valence-corrected chi connectivity index (χ4v) is 3.97. The highest BCUT2D eigenvalue weighted by Gasteiger charge is 2.38. The number of hydrogen-bond acceptors (Lipinski definition) is 8. The van der Waals surface area contributed by atoms with Crippen molar-refractivity contribution in [3.8, 4) is 11.6 Å². The van der Waals surface area contributed by atoms with E-state index in [9.17, 15) is 18.0 Å². The Bertz CT molecular complexity index is 1400. The first-order valence-electron chi connectivity index (χ1n) is 13.7. The maximum absolute atomic E-state index is 14.3. The first-order valence-corrected chi connectivity index (χ1v) is 13.7. The largest absolute Gasteiger partial charge is 0.444 e. The van der Waals surface area contributed by atoms with Crippen molar-refractivity contribution in [1.29, 1.82) is 0 Å².